The van der Waals surface area contributed by atoms with Crippen molar-refractivity contribution in [2.24, 2.45) is 0 Å². The summed E-state index contributed by atoms with van der Waals surface area (Å²) < 4.78 is 15.3. The zero-order valence-electron chi connectivity index (χ0n) is 21.2. The van der Waals surface area contributed by atoms with Gasteiger partial charge in [0.1, 0.15) is 0 Å². The van der Waals surface area contributed by atoms with Crippen LogP contribution < -0.4 is 10.6 Å². The molecule has 0 N–H and O–H groups in total. The second-order valence-corrected chi connectivity index (χ2v) is 11.7. The molecule has 38 heavy (non-hydrogen) atoms. The first-order valence-electron chi connectivity index (χ1n) is 12.6. The Morgan fingerprint density at radius 1 is 0.632 bits per heavy atom. The molecular formula is C36H27OP. The summed E-state index contributed by atoms with van der Waals surface area (Å²) in [4.78, 5) is 0. The first kappa shape index (κ1) is 25.1. The molecule has 5 aromatic rings. The molecule has 0 unspecified atom stereocenters. The van der Waals surface area contributed by atoms with Gasteiger partial charge in [-0.05, 0) is 42.3 Å². The summed E-state index contributed by atoms with van der Waals surface area (Å²) in [6.07, 6.45) is 1.92. The first-order valence-corrected chi connectivity index (χ1v) is 14.3. The van der Waals surface area contributed by atoms with Gasteiger partial charge in [0.2, 0.25) is 0 Å². The van der Waals surface area contributed by atoms with Gasteiger partial charge in [-0.25, -0.2) is 0 Å². The van der Waals surface area contributed by atoms with E-state index >= 15 is 4.57 Å². The van der Waals surface area contributed by atoms with Crippen LogP contribution in [0.5, 0.6) is 0 Å². The average molecular weight is 507 g/mol. The standard InChI is InChI=1S/C36H27OP/c1-29-14-13-19-33(28-29)36(38(37,34-20-7-3-8-21-34)35-22-9-4-10-23-35)27-26-32-18-12-11-17-31(32)25-24-30-15-5-2-6-16-30/h2-23,26,28H,1H3. The molecule has 0 bridgehead atoms. The van der Waals surface area contributed by atoms with Gasteiger partial charge in [0, 0.05) is 21.7 Å². The molecule has 0 radical (unpaired) electrons. The third-order valence-corrected chi connectivity index (χ3v) is 9.35. The van der Waals surface area contributed by atoms with E-state index in [0.717, 1.165) is 38.4 Å². The highest BCUT2D eigenvalue weighted by Crippen LogP contribution is 2.56. The summed E-state index contributed by atoms with van der Waals surface area (Å²) in [5.74, 6) is 6.56. The van der Waals surface area contributed by atoms with E-state index < -0.39 is 7.14 Å². The SMILES string of the molecule is Cc1cccc(C(=C=Cc2ccccc2C#Cc2ccccc2)P(=O)(c2ccccc2)c2ccccc2)c1. The molecule has 0 aliphatic carbocycles. The van der Waals surface area contributed by atoms with Crippen LogP contribution in [-0.4, -0.2) is 0 Å². The summed E-state index contributed by atoms with van der Waals surface area (Å²) in [6.45, 7) is 2.05. The molecule has 0 spiro atoms. The van der Waals surface area contributed by atoms with Crippen LogP contribution in [0.1, 0.15) is 27.8 Å². The lowest BCUT2D eigenvalue weighted by Crippen LogP contribution is -2.16. The van der Waals surface area contributed by atoms with Crippen molar-refractivity contribution >= 4 is 29.1 Å². The van der Waals surface area contributed by atoms with E-state index in [2.05, 4.69) is 36.6 Å². The van der Waals surface area contributed by atoms with Gasteiger partial charge in [-0.3, -0.25) is 0 Å². The fourth-order valence-corrected chi connectivity index (χ4v) is 7.12. The Hall–Kier alpha value is -4.59. The lowest BCUT2D eigenvalue weighted by atomic mass is 10.1. The second kappa shape index (κ2) is 11.6. The Bertz CT molecular complexity index is 1670. The van der Waals surface area contributed by atoms with E-state index in [1.807, 2.05) is 133 Å². The molecule has 0 aliphatic rings. The van der Waals surface area contributed by atoms with Gasteiger partial charge in [0.25, 0.3) is 0 Å². The third kappa shape index (κ3) is 5.54. The smallest absolute Gasteiger partial charge is 0.179 e. The van der Waals surface area contributed by atoms with Crippen molar-refractivity contribution in [1.29, 1.82) is 0 Å². The Kier molecular flexibility index (Phi) is 7.68. The normalized spacial score (nSPS) is 10.6. The number of hydrogen-bond acceptors (Lipinski definition) is 1. The molecule has 0 saturated heterocycles. The van der Waals surface area contributed by atoms with E-state index in [1.165, 1.54) is 0 Å². The number of hydrogen-bond donors (Lipinski definition) is 0. The lowest BCUT2D eigenvalue weighted by molar-refractivity contribution is 0.593. The van der Waals surface area contributed by atoms with Crippen LogP contribution in [0.25, 0.3) is 11.4 Å². The monoisotopic (exact) mass is 506 g/mol. The molecular weight excluding hydrogens is 479 g/mol. The van der Waals surface area contributed by atoms with Crippen molar-refractivity contribution in [3.8, 4) is 11.8 Å². The van der Waals surface area contributed by atoms with Gasteiger partial charge in [0.05, 0.1) is 5.31 Å². The zero-order chi connectivity index (χ0) is 26.2. The predicted molar refractivity (Wildman–Crippen MR) is 161 cm³/mol. The van der Waals surface area contributed by atoms with Gasteiger partial charge >= 0.3 is 0 Å². The summed E-state index contributed by atoms with van der Waals surface area (Å²) >= 11 is 0. The van der Waals surface area contributed by atoms with E-state index in [1.54, 1.807) is 0 Å². The van der Waals surface area contributed by atoms with Gasteiger partial charge in [-0.15, -0.1) is 5.73 Å². The van der Waals surface area contributed by atoms with Gasteiger partial charge in [-0.1, -0.05) is 139 Å². The predicted octanol–water partition coefficient (Wildman–Crippen LogP) is 8.06. The Labute approximate surface area is 225 Å². The van der Waals surface area contributed by atoms with Crippen molar-refractivity contribution in [2.75, 3.05) is 0 Å². The molecule has 0 aliphatic heterocycles. The molecule has 0 heterocycles. The molecule has 0 aromatic heterocycles. The van der Waals surface area contributed by atoms with Crippen LogP contribution in [0.4, 0.5) is 0 Å². The zero-order valence-corrected chi connectivity index (χ0v) is 22.1. The fraction of sp³-hybridized carbons (Fsp3) is 0.0278. The van der Waals surface area contributed by atoms with Crippen LogP contribution in [0.15, 0.2) is 145 Å². The Morgan fingerprint density at radius 2 is 1.21 bits per heavy atom. The van der Waals surface area contributed by atoms with Gasteiger partial charge in [0.15, 0.2) is 7.14 Å². The van der Waals surface area contributed by atoms with Crippen LogP contribution >= 0.6 is 7.14 Å². The van der Waals surface area contributed by atoms with Gasteiger partial charge < -0.3 is 4.57 Å². The molecule has 0 amide bonds. The van der Waals surface area contributed by atoms with Crippen LogP contribution in [0.2, 0.25) is 0 Å². The molecule has 182 valence electrons. The third-order valence-electron chi connectivity index (χ3n) is 6.29. The Balaban J connectivity index is 1.75. The van der Waals surface area contributed by atoms with Crippen molar-refractivity contribution in [3.05, 3.63) is 173 Å². The molecule has 0 saturated carbocycles. The molecule has 5 aromatic carbocycles. The molecule has 0 fully saturated rings. The summed E-state index contributed by atoms with van der Waals surface area (Å²) in [6, 6.07) is 45.6. The minimum absolute atomic E-state index is 0.671. The molecule has 0 atom stereocenters. The molecule has 5 rings (SSSR count). The van der Waals surface area contributed by atoms with Crippen molar-refractivity contribution in [1.82, 2.24) is 0 Å². The van der Waals surface area contributed by atoms with E-state index in [4.69, 9.17) is 0 Å². The van der Waals surface area contributed by atoms with Crippen molar-refractivity contribution in [3.63, 3.8) is 0 Å². The van der Waals surface area contributed by atoms with Crippen LogP contribution in [0, 0.1) is 18.8 Å². The largest absolute Gasteiger partial charge is 0.308 e. The van der Waals surface area contributed by atoms with E-state index in [0.29, 0.717) is 5.31 Å². The maximum atomic E-state index is 15.3. The quantitative estimate of drug-likeness (QED) is 0.134. The molecule has 1 nitrogen and oxygen atoms in total. The second-order valence-electron chi connectivity index (χ2n) is 8.99. The lowest BCUT2D eigenvalue weighted by Gasteiger charge is -2.22. The Morgan fingerprint density at radius 3 is 1.84 bits per heavy atom. The summed E-state index contributed by atoms with van der Waals surface area (Å²) in [7, 11) is -3.25. The van der Waals surface area contributed by atoms with Crippen LogP contribution in [-0.2, 0) is 4.57 Å². The molecule has 2 heteroatoms. The van der Waals surface area contributed by atoms with Crippen molar-refractivity contribution in [2.45, 2.75) is 6.92 Å². The van der Waals surface area contributed by atoms with Crippen LogP contribution in [0.3, 0.4) is 0 Å². The maximum absolute atomic E-state index is 15.3. The highest BCUT2D eigenvalue weighted by Gasteiger charge is 2.33. The highest BCUT2D eigenvalue weighted by atomic mass is 31.2. The minimum atomic E-state index is -3.25. The van der Waals surface area contributed by atoms with Gasteiger partial charge in [-0.2, -0.15) is 0 Å². The number of aryl methyl sites for hydroxylation is 1. The van der Waals surface area contributed by atoms with Crippen molar-refractivity contribution < 1.29 is 4.57 Å². The fourth-order valence-electron chi connectivity index (χ4n) is 4.38. The topological polar surface area (TPSA) is 17.1 Å². The van der Waals surface area contributed by atoms with E-state index in [9.17, 15) is 0 Å². The highest BCUT2D eigenvalue weighted by molar-refractivity contribution is 7.87. The maximum Gasteiger partial charge on any atom is 0.179 e. The summed E-state index contributed by atoms with van der Waals surface area (Å²) in [5.41, 5.74) is 8.28. The summed E-state index contributed by atoms with van der Waals surface area (Å²) in [5, 5.41) is 2.23. The van der Waals surface area contributed by atoms with E-state index in [-0.39, 0.29) is 0 Å². The number of benzene rings is 5. The number of rotatable bonds is 5. The minimum Gasteiger partial charge on any atom is -0.308 e. The average Bonchev–Trinajstić information content (AvgIpc) is 2.98. The first-order chi connectivity index (χ1) is 18.6.